The number of unbranched alkanes of at least 4 members (excludes halogenated alkanes) is 14. The molecule has 0 aromatic heterocycles. The van der Waals surface area contributed by atoms with Crippen LogP contribution in [0.4, 0.5) is 0 Å². The fourth-order valence-electron chi connectivity index (χ4n) is 3.52. The van der Waals surface area contributed by atoms with Crippen LogP contribution in [0.3, 0.4) is 0 Å². The first-order valence-electron chi connectivity index (χ1n) is 12.1. The number of benzene rings is 1. The number of hydrogen-bond donors (Lipinski definition) is 0. The third-order valence-corrected chi connectivity index (χ3v) is 6.22. The molecule has 0 amide bonds. The van der Waals surface area contributed by atoms with Crippen LogP contribution >= 0.6 is 0 Å². The Morgan fingerprint density at radius 2 is 1.13 bits per heavy atom. The molecule has 1 rings (SSSR count). The van der Waals surface area contributed by atoms with Gasteiger partial charge in [0.1, 0.15) is 0 Å². The first-order chi connectivity index (χ1) is 14.7. The summed E-state index contributed by atoms with van der Waals surface area (Å²) >= 11 is -1.59. The minimum atomic E-state index is -1.59. The van der Waals surface area contributed by atoms with Gasteiger partial charge >= 0.3 is 21.9 Å². The second-order valence-corrected chi connectivity index (χ2v) is 8.94. The van der Waals surface area contributed by atoms with Gasteiger partial charge in [0.15, 0.2) is 0 Å². The van der Waals surface area contributed by atoms with Gasteiger partial charge in [0.2, 0.25) is 0 Å². The van der Waals surface area contributed by atoms with Gasteiger partial charge < -0.3 is 7.58 Å². The molecule has 0 N–H and O–H groups in total. The molecule has 30 heavy (non-hydrogen) atoms. The molecule has 0 fully saturated rings. The normalized spacial score (nSPS) is 10.6. The van der Waals surface area contributed by atoms with Gasteiger partial charge in [0.25, 0.3) is 5.97 Å². The van der Waals surface area contributed by atoms with Crippen LogP contribution in [0.2, 0.25) is 0 Å². The number of rotatable bonds is 19. The van der Waals surface area contributed by atoms with E-state index in [4.69, 9.17) is 7.58 Å². The standard InChI is InChI=1S/C18H36O2.C7H6O2.Al.H/c1-2-3-4-5-6-7-8-9-10-11-12-13-14-15-16-17-18(19)20;8-7(9)6-4-2-1-3-5-6;;/h2-17H2,1H3,(H,19,20);1-5H,(H,8,9);;/q;;+2;/p-2. The third-order valence-electron chi connectivity index (χ3n) is 5.40. The van der Waals surface area contributed by atoms with E-state index >= 15 is 0 Å². The lowest BCUT2D eigenvalue weighted by molar-refractivity contribution is -0.135. The molecule has 0 unspecified atom stereocenters. The van der Waals surface area contributed by atoms with Gasteiger partial charge in [-0.2, -0.15) is 0 Å². The average Bonchev–Trinajstić information content (AvgIpc) is 2.77. The fourth-order valence-corrected chi connectivity index (χ4v) is 4.13. The smallest absolute Gasteiger partial charge is 0.588 e. The highest BCUT2D eigenvalue weighted by atomic mass is 27.2. The lowest BCUT2D eigenvalue weighted by Gasteiger charge is -2.06. The van der Waals surface area contributed by atoms with Crippen LogP contribution in [0.5, 0.6) is 0 Å². The summed E-state index contributed by atoms with van der Waals surface area (Å²) in [5.74, 6) is -0.653. The molecule has 0 heterocycles. The fraction of sp³-hybridized carbons (Fsp3) is 0.680. The van der Waals surface area contributed by atoms with Crippen molar-refractivity contribution in [1.29, 1.82) is 0 Å². The predicted molar refractivity (Wildman–Crippen MR) is 125 cm³/mol. The van der Waals surface area contributed by atoms with Crippen molar-refractivity contribution >= 4 is 27.8 Å². The third kappa shape index (κ3) is 15.5. The SMILES string of the molecule is CCCCCCCCCCCCCCCCCC(=O)[O][AlH][O]C(=O)c1ccccc1. The summed E-state index contributed by atoms with van der Waals surface area (Å²) in [6, 6.07) is 8.77. The number of hydrogen-bond acceptors (Lipinski definition) is 4. The van der Waals surface area contributed by atoms with Crippen molar-refractivity contribution in [3.05, 3.63) is 35.9 Å². The molecule has 0 radical (unpaired) electrons. The Kier molecular flexibility index (Phi) is 17.5. The molecule has 0 aliphatic carbocycles. The molecule has 1 aromatic rings. The Labute approximate surface area is 190 Å². The Balaban J connectivity index is 1.81. The molecule has 5 heteroatoms. The van der Waals surface area contributed by atoms with Gasteiger partial charge in [-0.3, -0.25) is 4.79 Å². The Morgan fingerprint density at radius 1 is 0.667 bits per heavy atom. The highest BCUT2D eigenvalue weighted by molar-refractivity contribution is 6.27. The Morgan fingerprint density at radius 3 is 1.63 bits per heavy atom. The minimum absolute atomic E-state index is 0.239. The molecule has 0 aliphatic rings. The van der Waals surface area contributed by atoms with E-state index < -0.39 is 21.9 Å². The van der Waals surface area contributed by atoms with Gasteiger partial charge in [0.05, 0.1) is 5.56 Å². The zero-order valence-corrected chi connectivity index (χ0v) is 20.5. The van der Waals surface area contributed by atoms with Gasteiger partial charge in [0, 0.05) is 6.42 Å². The molecule has 0 bridgehead atoms. The van der Waals surface area contributed by atoms with E-state index in [1.807, 2.05) is 6.07 Å². The summed E-state index contributed by atoms with van der Waals surface area (Å²) < 4.78 is 10.2. The summed E-state index contributed by atoms with van der Waals surface area (Å²) in [6.07, 6.45) is 20.0. The highest BCUT2D eigenvalue weighted by Gasteiger charge is 2.13. The first-order valence-corrected chi connectivity index (χ1v) is 13.3. The molecule has 0 aliphatic heterocycles. The minimum Gasteiger partial charge on any atom is -0.588 e. The van der Waals surface area contributed by atoms with E-state index in [1.165, 1.54) is 83.5 Å². The van der Waals surface area contributed by atoms with Crippen molar-refractivity contribution in [2.45, 2.75) is 110 Å². The van der Waals surface area contributed by atoms with Crippen LogP contribution in [-0.2, 0) is 12.4 Å². The van der Waals surface area contributed by atoms with Gasteiger partial charge in [-0.1, -0.05) is 115 Å². The van der Waals surface area contributed by atoms with Crippen LogP contribution in [0, 0.1) is 0 Å². The molecule has 168 valence electrons. The zero-order chi connectivity index (χ0) is 21.7. The summed E-state index contributed by atoms with van der Waals surface area (Å²) in [5, 5.41) is 0. The molecule has 4 nitrogen and oxygen atoms in total. The monoisotopic (exact) mass is 432 g/mol. The van der Waals surface area contributed by atoms with Crippen LogP contribution < -0.4 is 0 Å². The summed E-state index contributed by atoms with van der Waals surface area (Å²) in [4.78, 5) is 23.5. The van der Waals surface area contributed by atoms with E-state index in [0.717, 1.165) is 12.8 Å². The topological polar surface area (TPSA) is 52.6 Å². The second kappa shape index (κ2) is 19.6. The van der Waals surface area contributed by atoms with Gasteiger partial charge in [-0.25, -0.2) is 4.79 Å². The van der Waals surface area contributed by atoms with Gasteiger partial charge in [-0.15, -0.1) is 0 Å². The molecular formula is C25H41AlO4. The maximum atomic E-state index is 11.8. The molecule has 1 aromatic carbocycles. The quantitative estimate of drug-likeness (QED) is 0.176. The summed E-state index contributed by atoms with van der Waals surface area (Å²) in [6.45, 7) is 2.27. The van der Waals surface area contributed by atoms with Crippen LogP contribution in [-0.4, -0.2) is 27.8 Å². The predicted octanol–water partition coefficient (Wildman–Crippen LogP) is 6.91. The largest absolute Gasteiger partial charge is 0.836 e. The van der Waals surface area contributed by atoms with Crippen LogP contribution in [0.15, 0.2) is 30.3 Å². The van der Waals surface area contributed by atoms with Crippen molar-refractivity contribution in [3.8, 4) is 0 Å². The lowest BCUT2D eigenvalue weighted by atomic mass is 10.0. The maximum absolute atomic E-state index is 11.8. The van der Waals surface area contributed by atoms with Crippen LogP contribution in [0.1, 0.15) is 120 Å². The second-order valence-electron chi connectivity index (χ2n) is 8.13. The van der Waals surface area contributed by atoms with E-state index in [9.17, 15) is 9.59 Å². The number of carbonyl (C=O) groups excluding carboxylic acids is 2. The Hall–Kier alpha value is -1.31. The Bertz CT molecular complexity index is 547. The van der Waals surface area contributed by atoms with E-state index in [0.29, 0.717) is 12.0 Å². The van der Waals surface area contributed by atoms with E-state index in [2.05, 4.69) is 6.92 Å². The van der Waals surface area contributed by atoms with Crippen molar-refractivity contribution < 1.29 is 17.2 Å². The maximum Gasteiger partial charge on any atom is 0.836 e. The van der Waals surface area contributed by atoms with E-state index in [-0.39, 0.29) is 5.97 Å². The lowest BCUT2D eigenvalue weighted by Crippen LogP contribution is -2.16. The molecule has 0 atom stereocenters. The summed E-state index contributed by atoms with van der Waals surface area (Å²) in [5.41, 5.74) is 0.489. The molecule has 0 spiro atoms. The molecule has 0 saturated heterocycles. The average molecular weight is 433 g/mol. The summed E-state index contributed by atoms with van der Waals surface area (Å²) in [7, 11) is 0. The van der Waals surface area contributed by atoms with Gasteiger partial charge in [-0.05, 0) is 18.6 Å². The molecular weight excluding hydrogens is 391 g/mol. The zero-order valence-electron chi connectivity index (χ0n) is 19.0. The van der Waals surface area contributed by atoms with Crippen molar-refractivity contribution in [2.75, 3.05) is 0 Å². The number of carbonyl (C=O) groups is 2. The van der Waals surface area contributed by atoms with Crippen molar-refractivity contribution in [2.24, 2.45) is 0 Å². The van der Waals surface area contributed by atoms with Crippen molar-refractivity contribution in [1.82, 2.24) is 0 Å². The van der Waals surface area contributed by atoms with Crippen LogP contribution in [0.25, 0.3) is 0 Å². The van der Waals surface area contributed by atoms with E-state index in [1.54, 1.807) is 24.3 Å². The highest BCUT2D eigenvalue weighted by Crippen LogP contribution is 2.13. The van der Waals surface area contributed by atoms with Crippen molar-refractivity contribution in [3.63, 3.8) is 0 Å². The first kappa shape index (κ1) is 26.7. The molecule has 0 saturated carbocycles.